The summed E-state index contributed by atoms with van der Waals surface area (Å²) in [6, 6.07) is 16.6. The molecule has 0 atom stereocenters. The van der Waals surface area contributed by atoms with E-state index in [1.807, 2.05) is 60.7 Å². The van der Waals surface area contributed by atoms with Crippen molar-refractivity contribution in [3.8, 4) is 5.69 Å². The second kappa shape index (κ2) is 16.4. The Hall–Kier alpha value is -6.02. The van der Waals surface area contributed by atoms with Gasteiger partial charge in [0.05, 0.1) is 0 Å². The fraction of sp³-hybridized carbons (Fsp3) is 0.128. The van der Waals surface area contributed by atoms with Gasteiger partial charge in [0.15, 0.2) is 0 Å². The van der Waals surface area contributed by atoms with Crippen LogP contribution >= 0.6 is 0 Å². The second-order valence-electron chi connectivity index (χ2n) is 12.2. The van der Waals surface area contributed by atoms with Crippen LogP contribution in [0.15, 0.2) is 173 Å². The predicted octanol–water partition coefficient (Wildman–Crippen LogP) is 13.0. The summed E-state index contributed by atoms with van der Waals surface area (Å²) in [5, 5.41) is 4.64. The van der Waals surface area contributed by atoms with Crippen molar-refractivity contribution in [2.75, 3.05) is 5.32 Å². The molecule has 3 nitrogen and oxygen atoms in total. The van der Waals surface area contributed by atoms with Gasteiger partial charge in [-0.25, -0.2) is 0 Å². The zero-order chi connectivity index (χ0) is 35.6. The monoisotopic (exact) mass is 654 g/mol. The molecule has 2 aromatic heterocycles. The molecule has 0 amide bonds. The third kappa shape index (κ3) is 7.81. The molecule has 5 rings (SSSR count). The summed E-state index contributed by atoms with van der Waals surface area (Å²) in [6.45, 7) is 23.3. The van der Waals surface area contributed by atoms with E-state index in [4.69, 9.17) is 4.42 Å². The minimum atomic E-state index is 0.792. The van der Waals surface area contributed by atoms with E-state index in [-0.39, 0.29) is 0 Å². The van der Waals surface area contributed by atoms with Crippen molar-refractivity contribution in [3.63, 3.8) is 0 Å². The number of para-hydroxylation sites is 1. The molecule has 1 aliphatic carbocycles. The Morgan fingerprint density at radius 1 is 0.920 bits per heavy atom. The van der Waals surface area contributed by atoms with Crippen LogP contribution in [0.25, 0.3) is 34.9 Å². The maximum absolute atomic E-state index is 6.36. The van der Waals surface area contributed by atoms with Crippen molar-refractivity contribution in [2.24, 2.45) is 0 Å². The van der Waals surface area contributed by atoms with Gasteiger partial charge in [0, 0.05) is 45.0 Å². The van der Waals surface area contributed by atoms with Crippen LogP contribution in [0.4, 0.5) is 5.69 Å². The lowest BCUT2D eigenvalue weighted by atomic mass is 9.97. The Bertz CT molecular complexity index is 2220. The van der Waals surface area contributed by atoms with Gasteiger partial charge >= 0.3 is 0 Å². The van der Waals surface area contributed by atoms with E-state index in [1.165, 1.54) is 11.1 Å². The van der Waals surface area contributed by atoms with Crippen LogP contribution in [0, 0.1) is 20.8 Å². The van der Waals surface area contributed by atoms with Crippen molar-refractivity contribution in [1.29, 1.82) is 0 Å². The highest BCUT2D eigenvalue weighted by Crippen LogP contribution is 2.33. The zero-order valence-corrected chi connectivity index (χ0v) is 29.9. The van der Waals surface area contributed by atoms with Gasteiger partial charge in [0.25, 0.3) is 0 Å². The van der Waals surface area contributed by atoms with Gasteiger partial charge in [-0.1, -0.05) is 87.4 Å². The number of allylic oxidation sites excluding steroid dienone is 14. The number of aryl methyl sites for hydroxylation is 1. The SMILES string of the molecule is C=C/C=C\c1c(C)c(C)c(/C=C\C)n1-c1ccc2oc(/C=C\C(=C)C(=C)/C=C(\C=C/CC)C3=C(Nc4ccccc4)C=CC=C=C3)c(C)c2c1. The molecule has 0 saturated heterocycles. The molecule has 4 aromatic rings. The Balaban J connectivity index is 1.47. The van der Waals surface area contributed by atoms with Crippen LogP contribution < -0.4 is 5.32 Å². The van der Waals surface area contributed by atoms with Gasteiger partial charge in [-0.05, 0) is 135 Å². The lowest BCUT2D eigenvalue weighted by Gasteiger charge is -2.14. The molecule has 2 aromatic carbocycles. The summed E-state index contributed by atoms with van der Waals surface area (Å²) in [4.78, 5) is 0. The lowest BCUT2D eigenvalue weighted by molar-refractivity contribution is 0.601. The van der Waals surface area contributed by atoms with Crippen LogP contribution in [-0.4, -0.2) is 4.57 Å². The third-order valence-electron chi connectivity index (χ3n) is 8.79. The maximum atomic E-state index is 6.36. The minimum Gasteiger partial charge on any atom is -0.456 e. The maximum Gasteiger partial charge on any atom is 0.135 e. The van der Waals surface area contributed by atoms with Crippen LogP contribution in [-0.2, 0) is 0 Å². The number of anilines is 1. The molecule has 0 bridgehead atoms. The molecule has 1 N–H and O–H groups in total. The van der Waals surface area contributed by atoms with Gasteiger partial charge in [-0.3, -0.25) is 0 Å². The van der Waals surface area contributed by atoms with Gasteiger partial charge in [-0.15, -0.1) is 5.73 Å². The summed E-state index contributed by atoms with van der Waals surface area (Å²) in [5.41, 5.74) is 16.7. The molecule has 0 fully saturated rings. The quantitative estimate of drug-likeness (QED) is 0.115. The smallest absolute Gasteiger partial charge is 0.135 e. The molecule has 0 saturated carbocycles. The van der Waals surface area contributed by atoms with Crippen molar-refractivity contribution >= 4 is 34.9 Å². The van der Waals surface area contributed by atoms with Crippen molar-refractivity contribution in [2.45, 2.75) is 41.0 Å². The first-order chi connectivity index (χ1) is 24.3. The average Bonchev–Trinajstić information content (AvgIpc) is 3.42. The predicted molar refractivity (Wildman–Crippen MR) is 217 cm³/mol. The van der Waals surface area contributed by atoms with E-state index < -0.39 is 0 Å². The van der Waals surface area contributed by atoms with E-state index in [0.29, 0.717) is 0 Å². The van der Waals surface area contributed by atoms with Gasteiger partial charge in [0.2, 0.25) is 0 Å². The molecule has 0 spiro atoms. The minimum absolute atomic E-state index is 0.792. The number of nitrogens with one attached hydrogen (secondary N) is 1. The molecule has 0 radical (unpaired) electrons. The van der Waals surface area contributed by atoms with Gasteiger partial charge < -0.3 is 14.3 Å². The Labute approximate surface area is 297 Å². The molecule has 1 aliphatic rings. The second-order valence-corrected chi connectivity index (χ2v) is 12.2. The fourth-order valence-electron chi connectivity index (χ4n) is 5.92. The highest BCUT2D eigenvalue weighted by atomic mass is 16.3. The highest BCUT2D eigenvalue weighted by molar-refractivity contribution is 5.87. The number of fused-ring (bicyclic) bond motifs is 1. The zero-order valence-electron chi connectivity index (χ0n) is 29.9. The van der Waals surface area contributed by atoms with Crippen molar-refractivity contribution < 1.29 is 4.42 Å². The third-order valence-corrected chi connectivity index (χ3v) is 8.79. The molecular weight excluding hydrogens is 609 g/mol. The first kappa shape index (κ1) is 35.3. The van der Waals surface area contributed by atoms with Crippen molar-refractivity contribution in [3.05, 3.63) is 203 Å². The number of aromatic nitrogens is 1. The summed E-state index contributed by atoms with van der Waals surface area (Å²) >= 11 is 0. The number of nitrogens with zero attached hydrogens (tertiary/aromatic N) is 1. The highest BCUT2D eigenvalue weighted by Gasteiger charge is 2.17. The molecule has 0 unspecified atom stereocenters. The molecular formula is C47H46N2O. The van der Waals surface area contributed by atoms with Gasteiger partial charge in [-0.2, -0.15) is 0 Å². The van der Waals surface area contributed by atoms with E-state index in [1.54, 1.807) is 0 Å². The molecule has 250 valence electrons. The fourth-order valence-corrected chi connectivity index (χ4v) is 5.92. The normalized spacial score (nSPS) is 13.6. The van der Waals surface area contributed by atoms with Crippen LogP contribution in [0.3, 0.4) is 0 Å². The van der Waals surface area contributed by atoms with E-state index in [9.17, 15) is 0 Å². The summed E-state index contributed by atoms with van der Waals surface area (Å²) in [6.07, 6.45) is 29.4. The van der Waals surface area contributed by atoms with Crippen molar-refractivity contribution in [1.82, 2.24) is 4.57 Å². The average molecular weight is 655 g/mol. The number of rotatable bonds is 13. The largest absolute Gasteiger partial charge is 0.456 e. The standard InChI is InChI=1S/C47H46N2O/c1-9-12-21-38(41-24-18-15-19-25-43(41)48-39-22-16-14-17-23-39)31-34(5)33(4)27-29-46-37(8)42-32-40(28-30-47(42)50-46)49-44(20-11-3)35(6)36(7)45(49)26-13-10-2/h10-17,19-32,48H,2,4-5,9H2,1,3,6-8H3/b20-11-,21-12-,26-13-,29-27-,38-31+. The van der Waals surface area contributed by atoms with Crippen LogP contribution in [0.5, 0.6) is 0 Å². The van der Waals surface area contributed by atoms with E-state index in [0.717, 1.165) is 79.5 Å². The summed E-state index contributed by atoms with van der Waals surface area (Å²) in [7, 11) is 0. The first-order valence-electron chi connectivity index (χ1n) is 17.0. The number of hydrogen-bond donors (Lipinski definition) is 1. The number of benzene rings is 2. The first-order valence-corrected chi connectivity index (χ1v) is 17.0. The molecule has 3 heteroatoms. The summed E-state index contributed by atoms with van der Waals surface area (Å²) < 4.78 is 8.67. The molecule has 2 heterocycles. The van der Waals surface area contributed by atoms with Crippen LogP contribution in [0.1, 0.15) is 54.1 Å². The van der Waals surface area contributed by atoms with Gasteiger partial charge in [0.1, 0.15) is 11.3 Å². The Kier molecular flexibility index (Phi) is 11.6. The molecule has 0 aliphatic heterocycles. The Morgan fingerprint density at radius 3 is 2.40 bits per heavy atom. The van der Waals surface area contributed by atoms with E-state index >= 15 is 0 Å². The molecule has 50 heavy (non-hydrogen) atoms. The number of furan rings is 1. The lowest BCUT2D eigenvalue weighted by Crippen LogP contribution is -2.02. The van der Waals surface area contributed by atoms with Crippen LogP contribution in [0.2, 0.25) is 0 Å². The summed E-state index contributed by atoms with van der Waals surface area (Å²) in [5.74, 6) is 0.792. The number of hydrogen-bond acceptors (Lipinski definition) is 2. The topological polar surface area (TPSA) is 30.1 Å². The Morgan fingerprint density at radius 2 is 1.68 bits per heavy atom. The van der Waals surface area contributed by atoms with E-state index in [2.05, 4.69) is 143 Å².